The van der Waals surface area contributed by atoms with Crippen molar-refractivity contribution in [3.8, 4) is 0 Å². The summed E-state index contributed by atoms with van der Waals surface area (Å²) in [4.78, 5) is 11.1. The molecular formula is C10H18O3. The Labute approximate surface area is 79.4 Å². The molecule has 13 heavy (non-hydrogen) atoms. The van der Waals surface area contributed by atoms with Gasteiger partial charge in [0.2, 0.25) is 0 Å². The predicted octanol–water partition coefficient (Wildman–Crippen LogP) is 1.66. The number of aliphatic hydroxyl groups excluding tert-OH is 1. The van der Waals surface area contributed by atoms with E-state index in [9.17, 15) is 9.90 Å². The van der Waals surface area contributed by atoms with Crippen molar-refractivity contribution in [2.24, 2.45) is 0 Å². The molecule has 0 aliphatic heterocycles. The van der Waals surface area contributed by atoms with Gasteiger partial charge >= 0.3 is 5.97 Å². The minimum Gasteiger partial charge on any atom is -0.456 e. The standard InChI is InChI=1S/C10H18O3/c1-5-8(11)9(6-2)13-10(12)7(3)4/h8-9,11H,3,5-6H2,1-2,4H3. The molecule has 0 bridgehead atoms. The maximum atomic E-state index is 11.1. The third-order valence-corrected chi connectivity index (χ3v) is 1.86. The van der Waals surface area contributed by atoms with E-state index >= 15 is 0 Å². The Kier molecular flexibility index (Phi) is 5.39. The summed E-state index contributed by atoms with van der Waals surface area (Å²) < 4.78 is 5.03. The summed E-state index contributed by atoms with van der Waals surface area (Å²) in [6.45, 7) is 8.78. The Morgan fingerprint density at radius 1 is 1.46 bits per heavy atom. The summed E-state index contributed by atoms with van der Waals surface area (Å²) in [6.07, 6.45) is 0.221. The highest BCUT2D eigenvalue weighted by atomic mass is 16.6. The first-order valence-electron chi connectivity index (χ1n) is 4.57. The average molecular weight is 186 g/mol. The zero-order valence-corrected chi connectivity index (χ0v) is 8.54. The van der Waals surface area contributed by atoms with Gasteiger partial charge in [-0.05, 0) is 19.8 Å². The molecule has 0 fully saturated rings. The fourth-order valence-corrected chi connectivity index (χ4v) is 0.935. The smallest absolute Gasteiger partial charge is 0.333 e. The molecule has 0 aliphatic rings. The van der Waals surface area contributed by atoms with Crippen LogP contribution in [0.15, 0.2) is 12.2 Å². The van der Waals surface area contributed by atoms with E-state index in [1.54, 1.807) is 6.92 Å². The minimum atomic E-state index is -0.576. The van der Waals surface area contributed by atoms with Crippen molar-refractivity contribution in [2.45, 2.75) is 45.8 Å². The van der Waals surface area contributed by atoms with Crippen LogP contribution in [0.1, 0.15) is 33.6 Å². The average Bonchev–Trinajstić information content (AvgIpc) is 2.12. The van der Waals surface area contributed by atoms with Crippen LogP contribution in [0.25, 0.3) is 0 Å². The molecule has 0 spiro atoms. The Bertz CT molecular complexity index is 187. The largest absolute Gasteiger partial charge is 0.456 e. The summed E-state index contributed by atoms with van der Waals surface area (Å²) in [6, 6.07) is 0. The van der Waals surface area contributed by atoms with Gasteiger partial charge in [-0.3, -0.25) is 0 Å². The van der Waals surface area contributed by atoms with E-state index in [1.807, 2.05) is 13.8 Å². The number of aliphatic hydroxyl groups is 1. The lowest BCUT2D eigenvalue weighted by Crippen LogP contribution is -2.30. The Morgan fingerprint density at radius 2 is 2.00 bits per heavy atom. The topological polar surface area (TPSA) is 46.5 Å². The highest BCUT2D eigenvalue weighted by Gasteiger charge is 2.19. The first-order chi connectivity index (χ1) is 6.02. The number of hydrogen-bond acceptors (Lipinski definition) is 3. The normalized spacial score (nSPS) is 14.8. The maximum absolute atomic E-state index is 11.1. The molecule has 0 heterocycles. The summed E-state index contributed by atoms with van der Waals surface area (Å²) in [7, 11) is 0. The molecular weight excluding hydrogens is 168 g/mol. The zero-order chi connectivity index (χ0) is 10.4. The van der Waals surface area contributed by atoms with Crippen molar-refractivity contribution in [1.29, 1.82) is 0 Å². The van der Waals surface area contributed by atoms with E-state index in [1.165, 1.54) is 0 Å². The van der Waals surface area contributed by atoms with Gasteiger partial charge in [0.05, 0.1) is 6.10 Å². The van der Waals surface area contributed by atoms with Gasteiger partial charge in [0.1, 0.15) is 6.10 Å². The molecule has 76 valence electrons. The molecule has 0 radical (unpaired) electrons. The molecule has 2 atom stereocenters. The lowest BCUT2D eigenvalue weighted by atomic mass is 10.1. The van der Waals surface area contributed by atoms with Crippen LogP contribution in [0.3, 0.4) is 0 Å². The van der Waals surface area contributed by atoms with E-state index < -0.39 is 18.2 Å². The number of rotatable bonds is 5. The molecule has 1 N–H and O–H groups in total. The van der Waals surface area contributed by atoms with Gasteiger partial charge in [-0.2, -0.15) is 0 Å². The quantitative estimate of drug-likeness (QED) is 0.524. The molecule has 0 aromatic heterocycles. The van der Waals surface area contributed by atoms with E-state index in [4.69, 9.17) is 4.74 Å². The summed E-state index contributed by atoms with van der Waals surface area (Å²) in [5.41, 5.74) is 0.363. The lowest BCUT2D eigenvalue weighted by Gasteiger charge is -2.20. The monoisotopic (exact) mass is 186 g/mol. The second kappa shape index (κ2) is 5.75. The van der Waals surface area contributed by atoms with Gasteiger partial charge in [0.15, 0.2) is 0 Å². The third kappa shape index (κ3) is 4.08. The van der Waals surface area contributed by atoms with Gasteiger partial charge in [-0.25, -0.2) is 4.79 Å². The van der Waals surface area contributed by atoms with Crippen LogP contribution in [0.5, 0.6) is 0 Å². The number of carbonyl (C=O) groups excluding carboxylic acids is 1. The second-order valence-corrected chi connectivity index (χ2v) is 3.11. The van der Waals surface area contributed by atoms with E-state index in [0.717, 1.165) is 0 Å². The second-order valence-electron chi connectivity index (χ2n) is 3.11. The van der Waals surface area contributed by atoms with E-state index in [-0.39, 0.29) is 0 Å². The number of carbonyl (C=O) groups is 1. The van der Waals surface area contributed by atoms with Crippen molar-refractivity contribution >= 4 is 5.97 Å². The van der Waals surface area contributed by atoms with Crippen molar-refractivity contribution in [3.05, 3.63) is 12.2 Å². The van der Waals surface area contributed by atoms with Gasteiger partial charge in [-0.1, -0.05) is 20.4 Å². The van der Waals surface area contributed by atoms with Crippen molar-refractivity contribution in [1.82, 2.24) is 0 Å². The first-order valence-corrected chi connectivity index (χ1v) is 4.57. The molecule has 0 amide bonds. The van der Waals surface area contributed by atoms with Crippen LogP contribution < -0.4 is 0 Å². The number of hydrogen-bond donors (Lipinski definition) is 1. The van der Waals surface area contributed by atoms with Crippen LogP contribution in [-0.2, 0) is 9.53 Å². The molecule has 0 aromatic carbocycles. The molecule has 0 aliphatic carbocycles. The SMILES string of the molecule is C=C(C)C(=O)OC(CC)C(O)CC. The third-order valence-electron chi connectivity index (χ3n) is 1.86. The fourth-order valence-electron chi connectivity index (χ4n) is 0.935. The molecule has 0 rings (SSSR count). The molecule has 0 saturated carbocycles. The van der Waals surface area contributed by atoms with Crippen LogP contribution in [0, 0.1) is 0 Å². The molecule has 2 unspecified atom stereocenters. The Balaban J connectivity index is 4.12. The van der Waals surface area contributed by atoms with Gasteiger partial charge in [-0.15, -0.1) is 0 Å². The van der Waals surface area contributed by atoms with Gasteiger partial charge in [0.25, 0.3) is 0 Å². The van der Waals surface area contributed by atoms with Crippen LogP contribution in [-0.4, -0.2) is 23.3 Å². The van der Waals surface area contributed by atoms with Crippen molar-refractivity contribution in [2.75, 3.05) is 0 Å². The fraction of sp³-hybridized carbons (Fsp3) is 0.700. The highest BCUT2D eigenvalue weighted by molar-refractivity contribution is 5.87. The summed E-state index contributed by atoms with van der Waals surface area (Å²) in [5.74, 6) is -0.431. The van der Waals surface area contributed by atoms with Crippen LogP contribution in [0.4, 0.5) is 0 Å². The predicted molar refractivity (Wildman–Crippen MR) is 51.3 cm³/mol. The number of ether oxygens (including phenoxy) is 1. The maximum Gasteiger partial charge on any atom is 0.333 e. The first kappa shape index (κ1) is 12.2. The highest BCUT2D eigenvalue weighted by Crippen LogP contribution is 2.09. The zero-order valence-electron chi connectivity index (χ0n) is 8.54. The van der Waals surface area contributed by atoms with Crippen LogP contribution in [0.2, 0.25) is 0 Å². The molecule has 3 nitrogen and oxygen atoms in total. The van der Waals surface area contributed by atoms with E-state index in [2.05, 4.69) is 6.58 Å². The molecule has 0 aromatic rings. The van der Waals surface area contributed by atoms with E-state index in [0.29, 0.717) is 18.4 Å². The van der Waals surface area contributed by atoms with Gasteiger partial charge in [0, 0.05) is 5.57 Å². The van der Waals surface area contributed by atoms with Crippen LogP contribution >= 0.6 is 0 Å². The summed E-state index contributed by atoms with van der Waals surface area (Å²) in [5, 5.41) is 9.44. The van der Waals surface area contributed by atoms with Crippen molar-refractivity contribution in [3.63, 3.8) is 0 Å². The molecule has 3 heteroatoms. The Hall–Kier alpha value is -0.830. The Morgan fingerprint density at radius 3 is 2.31 bits per heavy atom. The molecule has 0 saturated heterocycles. The lowest BCUT2D eigenvalue weighted by molar-refractivity contribution is -0.150. The minimum absolute atomic E-state index is 0.363. The van der Waals surface area contributed by atoms with Crippen molar-refractivity contribution < 1.29 is 14.6 Å². The number of esters is 1. The summed E-state index contributed by atoms with van der Waals surface area (Å²) >= 11 is 0. The van der Waals surface area contributed by atoms with Gasteiger partial charge < -0.3 is 9.84 Å².